The van der Waals surface area contributed by atoms with E-state index >= 15 is 0 Å². The van der Waals surface area contributed by atoms with E-state index in [2.05, 4.69) is 10.2 Å². The van der Waals surface area contributed by atoms with Gasteiger partial charge >= 0.3 is 0 Å². The number of rotatable bonds is 7. The first-order valence-electron chi connectivity index (χ1n) is 10.0. The maximum absolute atomic E-state index is 10.5. The van der Waals surface area contributed by atoms with E-state index in [4.69, 9.17) is 4.74 Å². The average Bonchev–Trinajstić information content (AvgIpc) is 3.14. The Kier molecular flexibility index (Phi) is 6.74. The summed E-state index contributed by atoms with van der Waals surface area (Å²) in [6, 6.07) is 9.20. The smallest absolute Gasteiger partial charge is 0.120 e. The van der Waals surface area contributed by atoms with Crippen LogP contribution in [0.25, 0.3) is 0 Å². The van der Waals surface area contributed by atoms with E-state index in [1.54, 1.807) is 0 Å². The average molecular weight is 347 g/mol. The minimum Gasteiger partial charge on any atom is -0.491 e. The van der Waals surface area contributed by atoms with E-state index in [1.165, 1.54) is 51.6 Å². The summed E-state index contributed by atoms with van der Waals surface area (Å²) in [5.74, 6) is 0.830. The second kappa shape index (κ2) is 9.02. The van der Waals surface area contributed by atoms with Gasteiger partial charge in [0.05, 0.1) is 12.2 Å². The van der Waals surface area contributed by atoms with Gasteiger partial charge < -0.3 is 20.1 Å². The van der Waals surface area contributed by atoms with E-state index in [9.17, 15) is 5.11 Å². The minimum atomic E-state index is -0.483. The fourth-order valence-electron chi connectivity index (χ4n) is 4.20. The molecule has 3 rings (SSSR count). The molecule has 1 aromatic carbocycles. The molecular weight excluding hydrogens is 312 g/mol. The van der Waals surface area contributed by atoms with Gasteiger partial charge in [-0.2, -0.15) is 0 Å². The van der Waals surface area contributed by atoms with Crippen LogP contribution in [-0.2, 0) is 0 Å². The van der Waals surface area contributed by atoms with Gasteiger partial charge in [0.2, 0.25) is 0 Å². The van der Waals surface area contributed by atoms with Crippen LogP contribution in [0.15, 0.2) is 24.3 Å². The monoisotopic (exact) mass is 346 g/mol. The number of likely N-dealkylation sites (tertiary alicyclic amines) is 1. The van der Waals surface area contributed by atoms with Gasteiger partial charge in [-0.3, -0.25) is 0 Å². The van der Waals surface area contributed by atoms with Gasteiger partial charge in [0.15, 0.2) is 0 Å². The largest absolute Gasteiger partial charge is 0.491 e. The molecule has 0 amide bonds. The van der Waals surface area contributed by atoms with Gasteiger partial charge in [0, 0.05) is 18.6 Å². The summed E-state index contributed by atoms with van der Waals surface area (Å²) in [4.78, 5) is 2.69. The predicted octanol–water partition coefficient (Wildman–Crippen LogP) is 3.50. The standard InChI is InChI=1S/C21H34N2O2/c1-16(2)25-20-9-5-6-17(14-20)21(24)15-22-18-10-12-23(13-11-18)19-7-3-4-8-19/h5-6,9,14,16,18-19,21-22,24H,3-4,7-8,10-13,15H2,1-2H3. The Morgan fingerprint density at radius 1 is 1.16 bits per heavy atom. The molecule has 1 heterocycles. The molecule has 0 bridgehead atoms. The molecule has 140 valence electrons. The van der Waals surface area contributed by atoms with Crippen molar-refractivity contribution in [2.75, 3.05) is 19.6 Å². The zero-order valence-electron chi connectivity index (χ0n) is 15.8. The molecule has 1 saturated carbocycles. The molecule has 1 aromatic rings. The molecule has 1 unspecified atom stereocenters. The number of nitrogens with zero attached hydrogens (tertiary/aromatic N) is 1. The molecule has 4 heteroatoms. The number of ether oxygens (including phenoxy) is 1. The van der Waals surface area contributed by atoms with Crippen LogP contribution in [0, 0.1) is 0 Å². The number of aliphatic hydroxyl groups excluding tert-OH is 1. The second-order valence-electron chi connectivity index (χ2n) is 7.91. The highest BCUT2D eigenvalue weighted by Crippen LogP contribution is 2.26. The lowest BCUT2D eigenvalue weighted by Crippen LogP contribution is -2.46. The topological polar surface area (TPSA) is 44.7 Å². The third kappa shape index (κ3) is 5.44. The second-order valence-corrected chi connectivity index (χ2v) is 7.91. The Hall–Kier alpha value is -1.10. The lowest BCUT2D eigenvalue weighted by molar-refractivity contribution is 0.129. The molecule has 25 heavy (non-hydrogen) atoms. The fourth-order valence-corrected chi connectivity index (χ4v) is 4.20. The maximum atomic E-state index is 10.5. The molecule has 2 N–H and O–H groups in total. The molecule has 0 radical (unpaired) electrons. The van der Waals surface area contributed by atoms with Gasteiger partial charge in [-0.05, 0) is 70.3 Å². The molecule has 0 spiro atoms. The SMILES string of the molecule is CC(C)Oc1cccc(C(O)CNC2CCN(C3CCCC3)CC2)c1. The van der Waals surface area contributed by atoms with Gasteiger partial charge in [-0.15, -0.1) is 0 Å². The third-order valence-corrected chi connectivity index (χ3v) is 5.59. The molecule has 2 fully saturated rings. The van der Waals surface area contributed by atoms with Crippen molar-refractivity contribution in [1.29, 1.82) is 0 Å². The Balaban J connectivity index is 1.42. The summed E-state index contributed by atoms with van der Waals surface area (Å²) in [5.41, 5.74) is 0.925. The molecule has 4 nitrogen and oxygen atoms in total. The molecule has 2 aliphatic rings. The van der Waals surface area contributed by atoms with Crippen molar-refractivity contribution in [1.82, 2.24) is 10.2 Å². The Labute approximate surface area is 152 Å². The predicted molar refractivity (Wildman–Crippen MR) is 102 cm³/mol. The van der Waals surface area contributed by atoms with E-state index in [0.717, 1.165) is 17.4 Å². The van der Waals surface area contributed by atoms with Crippen molar-refractivity contribution in [3.63, 3.8) is 0 Å². The Morgan fingerprint density at radius 3 is 2.56 bits per heavy atom. The Morgan fingerprint density at radius 2 is 1.88 bits per heavy atom. The Bertz CT molecular complexity index is 520. The lowest BCUT2D eigenvalue weighted by Gasteiger charge is -2.36. The number of hydrogen-bond acceptors (Lipinski definition) is 4. The molecule has 1 aliphatic heterocycles. The van der Waals surface area contributed by atoms with Crippen LogP contribution >= 0.6 is 0 Å². The van der Waals surface area contributed by atoms with Crippen molar-refractivity contribution in [2.24, 2.45) is 0 Å². The third-order valence-electron chi connectivity index (χ3n) is 5.59. The summed E-state index contributed by atoms with van der Waals surface area (Å²) in [6.45, 7) is 7.05. The summed E-state index contributed by atoms with van der Waals surface area (Å²) in [7, 11) is 0. The summed E-state index contributed by atoms with van der Waals surface area (Å²) in [5, 5.41) is 14.1. The summed E-state index contributed by atoms with van der Waals surface area (Å²) in [6.07, 6.45) is 7.67. The van der Waals surface area contributed by atoms with E-state index in [0.29, 0.717) is 12.6 Å². The highest BCUT2D eigenvalue weighted by atomic mass is 16.5. The van der Waals surface area contributed by atoms with Crippen LogP contribution in [0.5, 0.6) is 5.75 Å². The van der Waals surface area contributed by atoms with Crippen LogP contribution in [-0.4, -0.2) is 47.8 Å². The molecule has 0 aromatic heterocycles. The molecule has 1 atom stereocenters. The first-order chi connectivity index (χ1) is 12.1. The van der Waals surface area contributed by atoms with Crippen molar-refractivity contribution in [3.05, 3.63) is 29.8 Å². The maximum Gasteiger partial charge on any atom is 0.120 e. The van der Waals surface area contributed by atoms with Crippen molar-refractivity contribution >= 4 is 0 Å². The minimum absolute atomic E-state index is 0.149. The number of benzene rings is 1. The highest BCUT2D eigenvalue weighted by molar-refractivity contribution is 5.30. The van der Waals surface area contributed by atoms with Gasteiger partial charge in [0.25, 0.3) is 0 Å². The van der Waals surface area contributed by atoms with Crippen LogP contribution in [0.4, 0.5) is 0 Å². The zero-order valence-corrected chi connectivity index (χ0v) is 15.8. The first kappa shape index (κ1) is 18.7. The van der Waals surface area contributed by atoms with E-state index < -0.39 is 6.10 Å². The van der Waals surface area contributed by atoms with Gasteiger partial charge in [-0.1, -0.05) is 25.0 Å². The molecule has 1 aliphatic carbocycles. The summed E-state index contributed by atoms with van der Waals surface area (Å²) >= 11 is 0. The van der Waals surface area contributed by atoms with Crippen molar-refractivity contribution in [2.45, 2.75) is 76.7 Å². The van der Waals surface area contributed by atoms with Crippen molar-refractivity contribution in [3.8, 4) is 5.75 Å². The van der Waals surface area contributed by atoms with Crippen molar-refractivity contribution < 1.29 is 9.84 Å². The van der Waals surface area contributed by atoms with E-state index in [-0.39, 0.29) is 6.10 Å². The normalized spacial score (nSPS) is 21.8. The number of nitrogens with one attached hydrogen (secondary N) is 1. The van der Waals surface area contributed by atoms with E-state index in [1.807, 2.05) is 38.1 Å². The first-order valence-corrected chi connectivity index (χ1v) is 10.0. The summed E-state index contributed by atoms with van der Waals surface area (Å²) < 4.78 is 5.72. The quantitative estimate of drug-likeness (QED) is 0.793. The number of piperidine rings is 1. The highest BCUT2D eigenvalue weighted by Gasteiger charge is 2.27. The number of aliphatic hydroxyl groups is 1. The van der Waals surface area contributed by atoms with Gasteiger partial charge in [-0.25, -0.2) is 0 Å². The van der Waals surface area contributed by atoms with Crippen LogP contribution < -0.4 is 10.1 Å². The van der Waals surface area contributed by atoms with Gasteiger partial charge in [0.1, 0.15) is 5.75 Å². The molecular formula is C21H34N2O2. The van der Waals surface area contributed by atoms with Crippen LogP contribution in [0.1, 0.15) is 64.0 Å². The zero-order chi connectivity index (χ0) is 17.6. The van der Waals surface area contributed by atoms with Crippen LogP contribution in [0.3, 0.4) is 0 Å². The fraction of sp³-hybridized carbons (Fsp3) is 0.714. The number of hydrogen-bond donors (Lipinski definition) is 2. The lowest BCUT2D eigenvalue weighted by atomic mass is 10.0. The molecule has 1 saturated heterocycles. The van der Waals surface area contributed by atoms with Crippen LogP contribution in [0.2, 0.25) is 0 Å².